The van der Waals surface area contributed by atoms with Crippen molar-refractivity contribution in [2.24, 2.45) is 0 Å². The molecule has 1 atom stereocenters. The number of aryl methyl sites for hydroxylation is 1. The van der Waals surface area contributed by atoms with Gasteiger partial charge in [0, 0.05) is 37.3 Å². The molecule has 2 heterocycles. The average molecular weight is 427 g/mol. The van der Waals surface area contributed by atoms with Crippen molar-refractivity contribution in [3.8, 4) is 5.75 Å². The van der Waals surface area contributed by atoms with Crippen LogP contribution in [-0.2, 0) is 17.8 Å². The predicted octanol–water partition coefficient (Wildman–Crippen LogP) is 6.59. The van der Waals surface area contributed by atoms with Gasteiger partial charge in [-0.3, -0.25) is 0 Å². The van der Waals surface area contributed by atoms with E-state index in [1.165, 1.54) is 93.5 Å². The zero-order chi connectivity index (χ0) is 21.5. The van der Waals surface area contributed by atoms with E-state index in [0.717, 1.165) is 25.4 Å². The third-order valence-corrected chi connectivity index (χ3v) is 7.47. The van der Waals surface area contributed by atoms with Gasteiger partial charge in [-0.05, 0) is 49.8 Å². The number of benzene rings is 1. The molecule has 172 valence electrons. The van der Waals surface area contributed by atoms with Crippen molar-refractivity contribution in [2.75, 3.05) is 13.7 Å². The molecule has 1 aliphatic carbocycles. The molecule has 2 fully saturated rings. The van der Waals surface area contributed by atoms with Crippen LogP contribution >= 0.6 is 0 Å². The third-order valence-electron chi connectivity index (χ3n) is 7.47. The monoisotopic (exact) mass is 426 g/mol. The maximum absolute atomic E-state index is 6.48. The van der Waals surface area contributed by atoms with Crippen molar-refractivity contribution in [3.63, 3.8) is 0 Å². The van der Waals surface area contributed by atoms with Gasteiger partial charge in [0.15, 0.2) is 0 Å². The highest BCUT2D eigenvalue weighted by Crippen LogP contribution is 2.43. The number of hydrogen-bond donors (Lipinski definition) is 1. The van der Waals surface area contributed by atoms with Crippen molar-refractivity contribution < 1.29 is 9.47 Å². The first kappa shape index (κ1) is 22.7. The number of aromatic nitrogens is 1. The Bertz CT molecular complexity index is 822. The second-order valence-corrected chi connectivity index (χ2v) is 9.80. The van der Waals surface area contributed by atoms with Crippen molar-refractivity contribution in [2.45, 2.75) is 109 Å². The van der Waals surface area contributed by atoms with Crippen molar-refractivity contribution in [3.05, 3.63) is 30.0 Å². The lowest BCUT2D eigenvalue weighted by Crippen LogP contribution is -2.30. The molecule has 1 aliphatic heterocycles. The lowest BCUT2D eigenvalue weighted by Gasteiger charge is -2.23. The summed E-state index contributed by atoms with van der Waals surface area (Å²) in [4.78, 5) is 0. The zero-order valence-electron chi connectivity index (χ0n) is 19.8. The van der Waals surface area contributed by atoms with Gasteiger partial charge in [0.2, 0.25) is 0 Å². The Hall–Kier alpha value is -1.52. The van der Waals surface area contributed by atoms with E-state index >= 15 is 0 Å². The molecule has 4 heteroatoms. The van der Waals surface area contributed by atoms with Crippen LogP contribution in [0.2, 0.25) is 0 Å². The van der Waals surface area contributed by atoms with Gasteiger partial charge in [-0.2, -0.15) is 0 Å². The molecule has 0 amide bonds. The molecule has 1 aromatic carbocycles. The van der Waals surface area contributed by atoms with Gasteiger partial charge in [0.05, 0.1) is 24.3 Å². The predicted molar refractivity (Wildman–Crippen MR) is 129 cm³/mol. The standard InChI is InChI=1S/C27H42N2O2/c1-3-4-5-6-7-10-17-29-21-22(25-12-11-23(30-2)18-26(25)29)19-28-20-24-13-16-27(31-24)14-8-9-15-27/h11-12,18,21,24,28H,3-10,13-17,19-20H2,1-2H3. The number of nitrogens with zero attached hydrogens (tertiary/aromatic N) is 1. The minimum Gasteiger partial charge on any atom is -0.497 e. The van der Waals surface area contributed by atoms with Crippen LogP contribution in [0.5, 0.6) is 5.75 Å². The summed E-state index contributed by atoms with van der Waals surface area (Å²) in [5.41, 5.74) is 2.92. The summed E-state index contributed by atoms with van der Waals surface area (Å²) in [6, 6.07) is 6.51. The van der Waals surface area contributed by atoms with Gasteiger partial charge in [-0.15, -0.1) is 0 Å². The molecule has 1 saturated carbocycles. The van der Waals surface area contributed by atoms with Gasteiger partial charge in [-0.25, -0.2) is 0 Å². The summed E-state index contributed by atoms with van der Waals surface area (Å²) < 4.78 is 14.4. The van der Waals surface area contributed by atoms with Gasteiger partial charge in [0.25, 0.3) is 0 Å². The molecule has 1 aromatic heterocycles. The van der Waals surface area contributed by atoms with Crippen LogP contribution in [0.3, 0.4) is 0 Å². The molecule has 1 N–H and O–H groups in total. The molecule has 31 heavy (non-hydrogen) atoms. The first-order valence-electron chi connectivity index (χ1n) is 12.8. The third kappa shape index (κ3) is 5.64. The van der Waals surface area contributed by atoms with E-state index in [-0.39, 0.29) is 5.60 Å². The van der Waals surface area contributed by atoms with Gasteiger partial charge in [0.1, 0.15) is 5.75 Å². The summed E-state index contributed by atoms with van der Waals surface area (Å²) in [7, 11) is 1.75. The summed E-state index contributed by atoms with van der Waals surface area (Å²) in [6.45, 7) is 5.23. The minimum atomic E-state index is 0.232. The van der Waals surface area contributed by atoms with Crippen molar-refractivity contribution in [1.82, 2.24) is 9.88 Å². The molecular formula is C27H42N2O2. The maximum Gasteiger partial charge on any atom is 0.120 e. The quantitative estimate of drug-likeness (QED) is 0.389. The van der Waals surface area contributed by atoms with Crippen LogP contribution in [0, 0.1) is 0 Å². The van der Waals surface area contributed by atoms with Crippen LogP contribution in [0.15, 0.2) is 24.4 Å². The maximum atomic E-state index is 6.48. The Morgan fingerprint density at radius 2 is 1.90 bits per heavy atom. The van der Waals surface area contributed by atoms with E-state index in [4.69, 9.17) is 9.47 Å². The van der Waals surface area contributed by atoms with Crippen molar-refractivity contribution >= 4 is 10.9 Å². The zero-order valence-corrected chi connectivity index (χ0v) is 19.8. The lowest BCUT2D eigenvalue weighted by molar-refractivity contribution is -0.0351. The largest absolute Gasteiger partial charge is 0.497 e. The van der Waals surface area contributed by atoms with E-state index in [2.05, 4.69) is 41.2 Å². The molecular weight excluding hydrogens is 384 g/mol. The summed E-state index contributed by atoms with van der Waals surface area (Å²) in [5.74, 6) is 0.940. The van der Waals surface area contributed by atoms with E-state index in [1.807, 2.05) is 0 Å². The normalized spacial score (nSPS) is 20.3. The highest BCUT2D eigenvalue weighted by atomic mass is 16.5. The Balaban J connectivity index is 1.34. The first-order valence-corrected chi connectivity index (χ1v) is 12.8. The van der Waals surface area contributed by atoms with Crippen molar-refractivity contribution in [1.29, 1.82) is 0 Å². The highest BCUT2D eigenvalue weighted by Gasteiger charge is 2.41. The number of methoxy groups -OCH3 is 1. The lowest BCUT2D eigenvalue weighted by atomic mass is 9.98. The Morgan fingerprint density at radius 1 is 1.10 bits per heavy atom. The number of rotatable bonds is 12. The number of unbranched alkanes of at least 4 members (excludes halogenated alkanes) is 5. The highest BCUT2D eigenvalue weighted by molar-refractivity contribution is 5.85. The fourth-order valence-electron chi connectivity index (χ4n) is 5.66. The minimum absolute atomic E-state index is 0.232. The Labute approximate surface area is 188 Å². The van der Waals surface area contributed by atoms with Crippen LogP contribution in [0.4, 0.5) is 0 Å². The van der Waals surface area contributed by atoms with Crippen LogP contribution < -0.4 is 10.1 Å². The topological polar surface area (TPSA) is 35.4 Å². The van der Waals surface area contributed by atoms with Gasteiger partial charge >= 0.3 is 0 Å². The molecule has 4 nitrogen and oxygen atoms in total. The molecule has 0 bridgehead atoms. The number of ether oxygens (including phenoxy) is 2. The summed E-state index contributed by atoms with van der Waals surface area (Å²) in [6.07, 6.45) is 18.4. The summed E-state index contributed by atoms with van der Waals surface area (Å²) in [5, 5.41) is 5.05. The second kappa shape index (κ2) is 10.9. The van der Waals surface area contributed by atoms with E-state index in [9.17, 15) is 0 Å². The fraction of sp³-hybridized carbons (Fsp3) is 0.704. The van der Waals surface area contributed by atoms with E-state index in [1.54, 1.807) is 7.11 Å². The molecule has 1 saturated heterocycles. The van der Waals surface area contributed by atoms with Crippen LogP contribution in [-0.4, -0.2) is 29.9 Å². The molecule has 0 radical (unpaired) electrons. The molecule has 1 spiro atoms. The SMILES string of the molecule is CCCCCCCCn1cc(CNCC2CCC3(CCCC3)O2)c2ccc(OC)cc21. The Morgan fingerprint density at radius 3 is 2.71 bits per heavy atom. The molecule has 4 rings (SSSR count). The van der Waals surface area contributed by atoms with Crippen LogP contribution in [0.1, 0.15) is 89.5 Å². The number of nitrogens with one attached hydrogen (secondary N) is 1. The number of hydrogen-bond acceptors (Lipinski definition) is 3. The van der Waals surface area contributed by atoms with E-state index in [0.29, 0.717) is 6.10 Å². The molecule has 2 aromatic rings. The van der Waals surface area contributed by atoms with E-state index < -0.39 is 0 Å². The van der Waals surface area contributed by atoms with Gasteiger partial charge < -0.3 is 19.4 Å². The fourth-order valence-corrected chi connectivity index (χ4v) is 5.66. The number of fused-ring (bicyclic) bond motifs is 1. The smallest absolute Gasteiger partial charge is 0.120 e. The summed E-state index contributed by atoms with van der Waals surface area (Å²) >= 11 is 0. The average Bonchev–Trinajstić information content (AvgIpc) is 3.51. The first-order chi connectivity index (χ1) is 15.2. The van der Waals surface area contributed by atoms with Gasteiger partial charge in [-0.1, -0.05) is 51.9 Å². The Kier molecular flexibility index (Phi) is 7.95. The molecule has 1 unspecified atom stereocenters. The molecule has 2 aliphatic rings. The van der Waals surface area contributed by atoms with Crippen LogP contribution in [0.25, 0.3) is 10.9 Å². The second-order valence-electron chi connectivity index (χ2n) is 9.80.